The first-order valence-electron chi connectivity index (χ1n) is 7.94. The minimum atomic E-state index is -4.62. The number of hydrogen-bond donors (Lipinski definition) is 1. The molecule has 0 aliphatic carbocycles. The van der Waals surface area contributed by atoms with Crippen molar-refractivity contribution in [2.75, 3.05) is 6.26 Å². The van der Waals surface area contributed by atoms with Crippen LogP contribution in [0.2, 0.25) is 0 Å². The van der Waals surface area contributed by atoms with E-state index in [-0.39, 0.29) is 18.5 Å². The summed E-state index contributed by atoms with van der Waals surface area (Å²) in [5.74, 6) is 0. The van der Waals surface area contributed by atoms with Gasteiger partial charge in [0.05, 0.1) is 12.1 Å². The molecular weight excluding hydrogens is 361 g/mol. The van der Waals surface area contributed by atoms with E-state index in [2.05, 4.69) is 5.10 Å². The molecule has 0 saturated heterocycles. The summed E-state index contributed by atoms with van der Waals surface area (Å²) in [5, 5.41) is 2.26. The highest BCUT2D eigenvalue weighted by Crippen LogP contribution is 2.30. The van der Waals surface area contributed by atoms with Gasteiger partial charge in [0.2, 0.25) is 0 Å². The normalized spacial score (nSPS) is 11.7. The van der Waals surface area contributed by atoms with Crippen molar-refractivity contribution >= 4 is 11.8 Å². The van der Waals surface area contributed by atoms with Crippen LogP contribution in [0, 0.1) is 0 Å². The molecule has 0 spiro atoms. The van der Waals surface area contributed by atoms with E-state index in [0.717, 1.165) is 15.1 Å². The summed E-state index contributed by atoms with van der Waals surface area (Å²) < 4.78 is 41.3. The monoisotopic (exact) mass is 378 g/mol. The van der Waals surface area contributed by atoms with Crippen molar-refractivity contribution in [2.24, 2.45) is 0 Å². The number of benzene rings is 2. The molecule has 3 aromatic rings. The molecule has 0 fully saturated rings. The van der Waals surface area contributed by atoms with Gasteiger partial charge >= 0.3 is 6.18 Å². The first-order valence-corrected chi connectivity index (χ1v) is 9.16. The number of hydrogen-bond acceptors (Lipinski definition) is 2. The SMILES string of the molecule is CSc1ccc(Cc2c(C(F)(F)F)[nH]n(Cc3ccccc3)c2=O)cc1. The Morgan fingerprint density at radius 1 is 1.00 bits per heavy atom. The summed E-state index contributed by atoms with van der Waals surface area (Å²) >= 11 is 1.55. The number of thioether (sulfide) groups is 1. The molecule has 0 bridgehead atoms. The van der Waals surface area contributed by atoms with Crippen LogP contribution in [-0.4, -0.2) is 16.0 Å². The third-order valence-corrected chi connectivity index (χ3v) is 4.80. The molecule has 1 heterocycles. The third-order valence-electron chi connectivity index (χ3n) is 4.06. The van der Waals surface area contributed by atoms with Crippen LogP contribution in [0.15, 0.2) is 64.3 Å². The fraction of sp³-hybridized carbons (Fsp3) is 0.211. The van der Waals surface area contributed by atoms with E-state index < -0.39 is 17.4 Å². The van der Waals surface area contributed by atoms with Crippen LogP contribution in [0.5, 0.6) is 0 Å². The van der Waals surface area contributed by atoms with Crippen molar-refractivity contribution in [3.63, 3.8) is 0 Å². The van der Waals surface area contributed by atoms with Gasteiger partial charge in [-0.05, 0) is 29.5 Å². The first kappa shape index (κ1) is 18.4. The van der Waals surface area contributed by atoms with Crippen LogP contribution in [0.4, 0.5) is 13.2 Å². The van der Waals surface area contributed by atoms with Crippen LogP contribution in [-0.2, 0) is 19.1 Å². The summed E-state index contributed by atoms with van der Waals surface area (Å²) in [6.07, 6.45) is -2.76. The summed E-state index contributed by atoms with van der Waals surface area (Å²) in [4.78, 5) is 13.6. The summed E-state index contributed by atoms with van der Waals surface area (Å²) in [7, 11) is 0. The maximum atomic E-state index is 13.4. The van der Waals surface area contributed by atoms with Crippen molar-refractivity contribution < 1.29 is 13.2 Å². The molecule has 0 amide bonds. The second-order valence-electron chi connectivity index (χ2n) is 5.86. The summed E-state index contributed by atoms with van der Waals surface area (Å²) in [6, 6.07) is 16.1. The predicted octanol–water partition coefficient (Wildman–Crippen LogP) is 4.56. The van der Waals surface area contributed by atoms with Crippen molar-refractivity contribution in [3.8, 4) is 0 Å². The highest BCUT2D eigenvalue weighted by Gasteiger charge is 2.37. The van der Waals surface area contributed by atoms with E-state index in [1.807, 2.05) is 24.5 Å². The van der Waals surface area contributed by atoms with Gasteiger partial charge in [0, 0.05) is 11.3 Å². The van der Waals surface area contributed by atoms with Gasteiger partial charge in [-0.2, -0.15) is 13.2 Å². The Labute approximate surface area is 152 Å². The number of aromatic amines is 1. The van der Waals surface area contributed by atoms with Crippen LogP contribution in [0.25, 0.3) is 0 Å². The lowest BCUT2D eigenvalue weighted by molar-refractivity contribution is -0.142. The average molecular weight is 378 g/mol. The second-order valence-corrected chi connectivity index (χ2v) is 6.74. The van der Waals surface area contributed by atoms with E-state index in [4.69, 9.17) is 0 Å². The molecule has 26 heavy (non-hydrogen) atoms. The quantitative estimate of drug-likeness (QED) is 0.661. The van der Waals surface area contributed by atoms with E-state index in [0.29, 0.717) is 5.56 Å². The van der Waals surface area contributed by atoms with Gasteiger partial charge < -0.3 is 0 Å². The predicted molar refractivity (Wildman–Crippen MR) is 96.6 cm³/mol. The van der Waals surface area contributed by atoms with Crippen molar-refractivity contribution in [2.45, 2.75) is 24.0 Å². The molecule has 7 heteroatoms. The number of nitrogens with zero attached hydrogens (tertiary/aromatic N) is 1. The van der Waals surface area contributed by atoms with Crippen molar-refractivity contribution in [3.05, 3.63) is 87.3 Å². The standard InChI is InChI=1S/C19H17F3N2OS/c1-26-15-9-7-13(8-10-15)11-16-17(19(20,21)22)23-24(18(16)25)12-14-5-3-2-4-6-14/h2-10,23H,11-12H2,1H3. The fourth-order valence-electron chi connectivity index (χ4n) is 2.75. The second kappa shape index (κ2) is 7.45. The molecule has 1 N–H and O–H groups in total. The van der Waals surface area contributed by atoms with Gasteiger partial charge in [-0.1, -0.05) is 42.5 Å². The molecule has 1 aromatic heterocycles. The smallest absolute Gasteiger partial charge is 0.291 e. The highest BCUT2D eigenvalue weighted by molar-refractivity contribution is 7.98. The lowest BCUT2D eigenvalue weighted by Crippen LogP contribution is -2.20. The molecule has 0 atom stereocenters. The third kappa shape index (κ3) is 4.04. The van der Waals surface area contributed by atoms with E-state index in [9.17, 15) is 18.0 Å². The summed E-state index contributed by atoms with van der Waals surface area (Å²) in [6.45, 7) is 0.0637. The van der Waals surface area contributed by atoms with E-state index in [1.54, 1.807) is 48.2 Å². The van der Waals surface area contributed by atoms with E-state index in [1.165, 1.54) is 0 Å². The lowest BCUT2D eigenvalue weighted by Gasteiger charge is -2.07. The molecule has 0 saturated carbocycles. The lowest BCUT2D eigenvalue weighted by atomic mass is 10.1. The van der Waals surface area contributed by atoms with Gasteiger partial charge in [0.15, 0.2) is 0 Å². The number of aromatic nitrogens is 2. The Balaban J connectivity index is 1.98. The molecule has 3 nitrogen and oxygen atoms in total. The molecule has 0 radical (unpaired) electrons. The number of nitrogens with one attached hydrogen (secondary N) is 1. The zero-order valence-electron chi connectivity index (χ0n) is 14.0. The number of alkyl halides is 3. The molecule has 0 aliphatic heterocycles. The van der Waals surface area contributed by atoms with Gasteiger partial charge in [-0.15, -0.1) is 11.8 Å². The van der Waals surface area contributed by atoms with Crippen molar-refractivity contribution in [1.29, 1.82) is 0 Å². The average Bonchev–Trinajstić information content (AvgIpc) is 2.93. The topological polar surface area (TPSA) is 37.8 Å². The fourth-order valence-corrected chi connectivity index (χ4v) is 3.15. The molecule has 0 unspecified atom stereocenters. The molecule has 0 aliphatic rings. The number of halogens is 3. The van der Waals surface area contributed by atoms with Crippen LogP contribution >= 0.6 is 11.8 Å². The van der Waals surface area contributed by atoms with Gasteiger partial charge in [-0.3, -0.25) is 9.89 Å². The maximum Gasteiger partial charge on any atom is 0.433 e. The Morgan fingerprint density at radius 2 is 1.65 bits per heavy atom. The molecular formula is C19H17F3N2OS. The molecule has 136 valence electrons. The number of rotatable bonds is 5. The zero-order valence-corrected chi connectivity index (χ0v) is 14.8. The Hall–Kier alpha value is -2.41. The largest absolute Gasteiger partial charge is 0.433 e. The Kier molecular flexibility index (Phi) is 5.27. The molecule has 3 rings (SSSR count). The highest BCUT2D eigenvalue weighted by atomic mass is 32.2. The summed E-state index contributed by atoms with van der Waals surface area (Å²) in [5.41, 5.74) is -0.468. The van der Waals surface area contributed by atoms with Gasteiger partial charge in [0.25, 0.3) is 5.56 Å². The Bertz CT molecular complexity index is 928. The van der Waals surface area contributed by atoms with Gasteiger partial charge in [-0.25, -0.2) is 4.68 Å². The van der Waals surface area contributed by atoms with Crippen LogP contribution < -0.4 is 5.56 Å². The zero-order chi connectivity index (χ0) is 18.7. The minimum Gasteiger partial charge on any atom is -0.291 e. The van der Waals surface area contributed by atoms with Crippen molar-refractivity contribution in [1.82, 2.24) is 9.78 Å². The maximum absolute atomic E-state index is 13.4. The number of H-pyrrole nitrogens is 1. The minimum absolute atomic E-state index is 0.0637. The van der Waals surface area contributed by atoms with E-state index >= 15 is 0 Å². The van der Waals surface area contributed by atoms with Gasteiger partial charge in [0.1, 0.15) is 5.69 Å². The first-order chi connectivity index (χ1) is 12.4. The van der Waals surface area contributed by atoms with Crippen LogP contribution in [0.1, 0.15) is 22.4 Å². The van der Waals surface area contributed by atoms with Crippen LogP contribution in [0.3, 0.4) is 0 Å². The Morgan fingerprint density at radius 3 is 2.23 bits per heavy atom. The molecule has 2 aromatic carbocycles.